The Hall–Kier alpha value is -3.08. The molecule has 1 aliphatic heterocycles. The van der Waals surface area contributed by atoms with Crippen molar-refractivity contribution in [3.8, 4) is 0 Å². The van der Waals surface area contributed by atoms with E-state index in [-0.39, 0.29) is 34.2 Å². The van der Waals surface area contributed by atoms with E-state index in [0.717, 1.165) is 17.1 Å². The number of amides is 2. The Bertz CT molecular complexity index is 1350. The third-order valence-electron chi connectivity index (χ3n) is 6.72. The second-order valence-corrected chi connectivity index (χ2v) is 12.8. The van der Waals surface area contributed by atoms with Crippen molar-refractivity contribution < 1.29 is 14.0 Å². The first-order chi connectivity index (χ1) is 19.2. The van der Waals surface area contributed by atoms with Crippen molar-refractivity contribution in [2.24, 2.45) is 0 Å². The van der Waals surface area contributed by atoms with Gasteiger partial charge >= 0.3 is 0 Å². The molecule has 40 heavy (non-hydrogen) atoms. The quantitative estimate of drug-likeness (QED) is 0.201. The number of nitrogens with zero attached hydrogens (tertiary/aromatic N) is 3. The number of halogens is 3. The Morgan fingerprint density at radius 2 is 1.77 bits per heavy atom. The van der Waals surface area contributed by atoms with E-state index in [1.807, 2.05) is 29.2 Å². The highest BCUT2D eigenvalue weighted by Crippen LogP contribution is 2.43. The van der Waals surface area contributed by atoms with E-state index in [1.54, 1.807) is 47.1 Å². The van der Waals surface area contributed by atoms with E-state index in [9.17, 15) is 9.59 Å². The molecule has 1 atom stereocenters. The van der Waals surface area contributed by atoms with Crippen LogP contribution in [0, 0.1) is 5.82 Å². The smallest absolute Gasteiger partial charge is 0.293 e. The Kier molecular flexibility index (Phi) is 9.76. The third kappa shape index (κ3) is 6.14. The van der Waals surface area contributed by atoms with Gasteiger partial charge in [0, 0.05) is 44.3 Å². The molecule has 0 spiro atoms. The van der Waals surface area contributed by atoms with Crippen molar-refractivity contribution in [2.45, 2.75) is 12.2 Å². The van der Waals surface area contributed by atoms with Crippen LogP contribution in [0.4, 0.5) is 32.8 Å². The molecule has 4 rings (SSSR count). The first kappa shape index (κ1) is 29.9. The van der Waals surface area contributed by atoms with Crippen molar-refractivity contribution in [1.29, 1.82) is 0 Å². The van der Waals surface area contributed by atoms with Crippen molar-refractivity contribution in [3.63, 3.8) is 0 Å². The fourth-order valence-electron chi connectivity index (χ4n) is 4.76. The third-order valence-corrected chi connectivity index (χ3v) is 8.08. The maximum absolute atomic E-state index is 15.2. The molecular weight excluding hydrogens is 574 g/mol. The number of aromatic nitrogens is 1. The predicted molar refractivity (Wildman–Crippen MR) is 167 cm³/mol. The Labute approximate surface area is 247 Å². The lowest BCUT2D eigenvalue weighted by Crippen LogP contribution is -2.59. The number of anilines is 5. The molecule has 8 nitrogen and oxygen atoms in total. The fourth-order valence-corrected chi connectivity index (χ4v) is 5.76. The zero-order valence-electron chi connectivity index (χ0n) is 22.7. The topological polar surface area (TPSA) is 81.6 Å². The molecule has 0 bridgehead atoms. The van der Waals surface area contributed by atoms with E-state index in [1.165, 1.54) is 6.07 Å². The molecule has 0 fully saturated rings. The summed E-state index contributed by atoms with van der Waals surface area (Å²) in [5, 5.41) is 9.26. The summed E-state index contributed by atoms with van der Waals surface area (Å²) in [5.74, 6) is -1.17. The lowest BCUT2D eigenvalue weighted by Gasteiger charge is -2.37. The second-order valence-electron chi connectivity index (χ2n) is 9.62. The van der Waals surface area contributed by atoms with Gasteiger partial charge in [-0.05, 0) is 41.2 Å². The number of hydrogen-bond acceptors (Lipinski definition) is 5. The predicted octanol–water partition coefficient (Wildman–Crippen LogP) is 4.93. The Morgan fingerprint density at radius 1 is 1.05 bits per heavy atom. The average Bonchev–Trinajstić information content (AvgIpc) is 3.50. The van der Waals surface area contributed by atoms with Crippen molar-refractivity contribution in [1.82, 2.24) is 4.57 Å². The zero-order valence-corrected chi connectivity index (χ0v) is 25.0. The van der Waals surface area contributed by atoms with Gasteiger partial charge in [0.1, 0.15) is 11.6 Å². The minimum atomic E-state index is -1.46. The van der Waals surface area contributed by atoms with Gasteiger partial charge < -0.3 is 30.3 Å². The van der Waals surface area contributed by atoms with Crippen LogP contribution in [-0.4, -0.2) is 66.5 Å². The van der Waals surface area contributed by atoms with Crippen LogP contribution in [0.25, 0.3) is 0 Å². The summed E-state index contributed by atoms with van der Waals surface area (Å²) >= 11 is 12.0. The molecule has 2 aromatic carbocycles. The molecule has 214 valence electrons. The largest absolute Gasteiger partial charge is 0.365 e. The van der Waals surface area contributed by atoms with Gasteiger partial charge in [-0.3, -0.25) is 9.59 Å². The van der Waals surface area contributed by atoms with E-state index >= 15 is 4.39 Å². The summed E-state index contributed by atoms with van der Waals surface area (Å²) in [5.41, 5.74) is 2.64. The lowest BCUT2D eigenvalue weighted by molar-refractivity contribution is -0.123. The van der Waals surface area contributed by atoms with Crippen LogP contribution in [0.2, 0.25) is 0 Å². The first-order valence-corrected chi connectivity index (χ1v) is 16.1. The standard InChI is InChI=1S/C28H33Cl2FN6O2S/c1-35-24-10-5-4-8-22(24)34-28(35,37-15-11-20(19-37)32-25(38)12-18-40(2)3)27(39)33-23-9-6-7-21(31)26(23)36(16-13-29)17-14-30/h4-11,15,19,34H,12-14,16-18H2,1-3H3,(H-,32,33,38,39)/p+1. The SMILES string of the molecule is CN1c2ccccc2NC1(C(=O)Nc1cccc(F)c1N(CCCl)CCCl)n1ccc(NC(=O)CC[S+](C)C)c1. The summed E-state index contributed by atoms with van der Waals surface area (Å²) in [6.07, 6.45) is 8.05. The van der Waals surface area contributed by atoms with Crippen molar-refractivity contribution >= 4 is 74.3 Å². The van der Waals surface area contributed by atoms with Crippen LogP contribution in [0.3, 0.4) is 0 Å². The molecule has 0 saturated carbocycles. The number of carbonyl (C=O) groups is 2. The van der Waals surface area contributed by atoms with Crippen LogP contribution >= 0.6 is 23.2 Å². The zero-order chi connectivity index (χ0) is 28.9. The maximum Gasteiger partial charge on any atom is 0.293 e. The molecule has 2 heterocycles. The Morgan fingerprint density at radius 3 is 2.45 bits per heavy atom. The van der Waals surface area contributed by atoms with Gasteiger partial charge in [0.2, 0.25) is 5.91 Å². The van der Waals surface area contributed by atoms with Gasteiger partial charge in [-0.2, -0.15) is 0 Å². The molecule has 0 saturated heterocycles. The second kappa shape index (κ2) is 13.1. The summed E-state index contributed by atoms with van der Waals surface area (Å²) in [7, 11) is 1.96. The molecule has 1 unspecified atom stereocenters. The van der Waals surface area contributed by atoms with Gasteiger partial charge in [-0.25, -0.2) is 4.39 Å². The van der Waals surface area contributed by atoms with Crippen LogP contribution in [0.1, 0.15) is 6.42 Å². The molecule has 1 aliphatic rings. The lowest BCUT2D eigenvalue weighted by atomic mass is 10.2. The molecule has 0 radical (unpaired) electrons. The van der Waals surface area contributed by atoms with Crippen LogP contribution in [-0.2, 0) is 26.3 Å². The monoisotopic (exact) mass is 607 g/mol. The number of fused-ring (bicyclic) bond motifs is 1. The summed E-state index contributed by atoms with van der Waals surface area (Å²) < 4.78 is 16.9. The minimum absolute atomic E-state index is 0.0865. The average molecular weight is 609 g/mol. The number of para-hydroxylation sites is 3. The van der Waals surface area contributed by atoms with E-state index < -0.39 is 17.5 Å². The van der Waals surface area contributed by atoms with Crippen LogP contribution in [0.15, 0.2) is 60.9 Å². The molecule has 3 N–H and O–H groups in total. The van der Waals surface area contributed by atoms with Gasteiger partial charge in [-0.15, -0.1) is 23.2 Å². The van der Waals surface area contributed by atoms with E-state index in [2.05, 4.69) is 28.5 Å². The first-order valence-electron chi connectivity index (χ1n) is 12.8. The minimum Gasteiger partial charge on any atom is -0.365 e. The normalized spacial score (nSPS) is 16.0. The number of rotatable bonds is 12. The van der Waals surface area contributed by atoms with Crippen molar-refractivity contribution in [2.75, 3.05) is 75.9 Å². The number of likely N-dealkylation sites (N-methyl/N-ethyl adjacent to an activating group) is 1. The number of alkyl halides is 2. The Balaban J connectivity index is 1.71. The summed E-state index contributed by atoms with van der Waals surface area (Å²) in [6.45, 7) is 0.704. The molecule has 12 heteroatoms. The van der Waals surface area contributed by atoms with Crippen molar-refractivity contribution in [3.05, 3.63) is 66.7 Å². The van der Waals surface area contributed by atoms with Gasteiger partial charge in [0.25, 0.3) is 11.7 Å². The number of nitrogens with one attached hydrogen (secondary N) is 3. The van der Waals surface area contributed by atoms with Crippen LogP contribution in [0.5, 0.6) is 0 Å². The van der Waals surface area contributed by atoms with Gasteiger partial charge in [0.15, 0.2) is 0 Å². The van der Waals surface area contributed by atoms with E-state index in [0.29, 0.717) is 30.9 Å². The van der Waals surface area contributed by atoms with E-state index in [4.69, 9.17) is 23.2 Å². The molecule has 1 aromatic heterocycles. The van der Waals surface area contributed by atoms with Gasteiger partial charge in [-0.1, -0.05) is 18.2 Å². The highest BCUT2D eigenvalue weighted by Gasteiger charge is 2.50. The molecular formula is C28H34Cl2FN6O2S+. The number of carbonyl (C=O) groups excluding carboxylic acids is 2. The fraction of sp³-hybridized carbons (Fsp3) is 0.357. The highest BCUT2D eigenvalue weighted by molar-refractivity contribution is 7.95. The highest BCUT2D eigenvalue weighted by atomic mass is 35.5. The molecule has 2 amide bonds. The molecule has 0 aliphatic carbocycles. The number of benzene rings is 2. The van der Waals surface area contributed by atoms with Crippen LogP contribution < -0.4 is 25.8 Å². The maximum atomic E-state index is 15.2. The summed E-state index contributed by atoms with van der Waals surface area (Å²) in [6, 6.07) is 13.9. The number of hydrogen-bond donors (Lipinski definition) is 3. The van der Waals surface area contributed by atoms with Gasteiger partial charge in [0.05, 0.1) is 47.4 Å². The summed E-state index contributed by atoms with van der Waals surface area (Å²) in [4.78, 5) is 30.4. The molecule has 3 aromatic rings.